The topological polar surface area (TPSA) is 84.9 Å². The molecule has 7 nitrogen and oxygen atoms in total. The number of pyridine rings is 2. The van der Waals surface area contributed by atoms with Crippen molar-refractivity contribution in [1.29, 1.82) is 0 Å². The van der Waals surface area contributed by atoms with Crippen molar-refractivity contribution >= 4 is 28.6 Å². The van der Waals surface area contributed by atoms with E-state index in [1.807, 2.05) is 48.5 Å². The fourth-order valence-corrected chi connectivity index (χ4v) is 3.85. The van der Waals surface area contributed by atoms with E-state index < -0.39 is 0 Å². The van der Waals surface area contributed by atoms with Gasteiger partial charge in [0.1, 0.15) is 11.3 Å². The standard InChI is InChI=1S/C21H20ClN7/c22-15-4-1-3-14(13-15)17-6-7-18-21(26-17)29(28-11-9-24-10-12-28)20(27-18)16-5-2-8-25-19(16)23/h1-8,13,24H,9-12H2,(H2,23,25). The van der Waals surface area contributed by atoms with E-state index in [2.05, 4.69) is 20.0 Å². The molecule has 8 heteroatoms. The van der Waals surface area contributed by atoms with Crippen molar-refractivity contribution in [2.24, 2.45) is 0 Å². The van der Waals surface area contributed by atoms with Crippen molar-refractivity contribution in [3.05, 3.63) is 59.8 Å². The van der Waals surface area contributed by atoms with Crippen molar-refractivity contribution in [1.82, 2.24) is 24.9 Å². The summed E-state index contributed by atoms with van der Waals surface area (Å²) in [4.78, 5) is 14.1. The molecule has 146 valence electrons. The molecule has 0 saturated carbocycles. The highest BCUT2D eigenvalue weighted by atomic mass is 35.5. The van der Waals surface area contributed by atoms with Crippen LogP contribution < -0.4 is 16.1 Å². The van der Waals surface area contributed by atoms with Crippen LogP contribution in [0.3, 0.4) is 0 Å². The number of nitrogens with two attached hydrogens (primary N) is 1. The third-order valence-electron chi connectivity index (χ3n) is 5.06. The van der Waals surface area contributed by atoms with Crippen molar-refractivity contribution in [3.8, 4) is 22.6 Å². The van der Waals surface area contributed by atoms with E-state index in [9.17, 15) is 0 Å². The van der Waals surface area contributed by atoms with Gasteiger partial charge in [-0.25, -0.2) is 19.6 Å². The lowest BCUT2D eigenvalue weighted by atomic mass is 10.1. The second-order valence-electron chi connectivity index (χ2n) is 6.94. The lowest BCUT2D eigenvalue weighted by molar-refractivity contribution is 0.499. The number of imidazole rings is 1. The monoisotopic (exact) mass is 405 g/mol. The molecule has 0 atom stereocenters. The highest BCUT2D eigenvalue weighted by molar-refractivity contribution is 6.30. The molecule has 0 bridgehead atoms. The lowest BCUT2D eigenvalue weighted by Crippen LogP contribution is -2.49. The van der Waals surface area contributed by atoms with Gasteiger partial charge in [0.15, 0.2) is 11.5 Å². The molecule has 4 aromatic rings. The Morgan fingerprint density at radius 1 is 1.00 bits per heavy atom. The van der Waals surface area contributed by atoms with Crippen LogP contribution in [0.1, 0.15) is 0 Å². The van der Waals surface area contributed by atoms with E-state index >= 15 is 0 Å². The molecule has 29 heavy (non-hydrogen) atoms. The fraction of sp³-hybridized carbons (Fsp3) is 0.190. The summed E-state index contributed by atoms with van der Waals surface area (Å²) in [5.41, 5.74) is 10.4. The van der Waals surface area contributed by atoms with E-state index in [1.165, 1.54) is 0 Å². The first-order valence-corrected chi connectivity index (χ1v) is 9.91. The molecule has 3 aromatic heterocycles. The second-order valence-corrected chi connectivity index (χ2v) is 7.37. The van der Waals surface area contributed by atoms with Gasteiger partial charge in [-0.2, -0.15) is 0 Å². The van der Waals surface area contributed by atoms with Gasteiger partial charge in [-0.3, -0.25) is 0 Å². The fourth-order valence-electron chi connectivity index (χ4n) is 3.66. The summed E-state index contributed by atoms with van der Waals surface area (Å²) in [5, 5.41) is 6.33. The predicted molar refractivity (Wildman–Crippen MR) is 116 cm³/mol. The van der Waals surface area contributed by atoms with E-state index in [0.29, 0.717) is 10.8 Å². The Morgan fingerprint density at radius 3 is 2.66 bits per heavy atom. The van der Waals surface area contributed by atoms with Crippen molar-refractivity contribution in [2.45, 2.75) is 0 Å². The van der Waals surface area contributed by atoms with E-state index in [1.54, 1.807) is 6.20 Å². The number of benzene rings is 1. The number of anilines is 1. The maximum Gasteiger partial charge on any atom is 0.180 e. The normalized spacial score (nSPS) is 14.4. The molecule has 0 spiro atoms. The summed E-state index contributed by atoms with van der Waals surface area (Å²) in [6, 6.07) is 15.5. The average molecular weight is 406 g/mol. The molecule has 0 aliphatic carbocycles. The molecular formula is C21H20ClN7. The zero-order chi connectivity index (χ0) is 19.8. The minimum Gasteiger partial charge on any atom is -0.383 e. The number of nitrogens with one attached hydrogen (secondary N) is 1. The number of rotatable bonds is 3. The van der Waals surface area contributed by atoms with Crippen molar-refractivity contribution < 1.29 is 0 Å². The van der Waals surface area contributed by atoms with Gasteiger partial charge in [0.05, 0.1) is 11.3 Å². The molecule has 0 amide bonds. The molecule has 3 N–H and O–H groups in total. The number of nitrogens with zero attached hydrogens (tertiary/aromatic N) is 5. The number of halogens is 1. The maximum absolute atomic E-state index is 6.19. The molecular weight excluding hydrogens is 386 g/mol. The van der Waals surface area contributed by atoms with Gasteiger partial charge in [0, 0.05) is 43.0 Å². The smallest absolute Gasteiger partial charge is 0.180 e. The Balaban J connectivity index is 1.73. The van der Waals surface area contributed by atoms with Crippen LogP contribution in [0.15, 0.2) is 54.7 Å². The zero-order valence-corrected chi connectivity index (χ0v) is 16.5. The average Bonchev–Trinajstić information content (AvgIpc) is 3.13. The van der Waals surface area contributed by atoms with Gasteiger partial charge in [-0.05, 0) is 36.4 Å². The number of nitrogen functional groups attached to an aromatic ring is 1. The number of hydrogen-bond donors (Lipinski definition) is 2. The molecule has 4 heterocycles. The first kappa shape index (κ1) is 17.9. The molecule has 1 aromatic carbocycles. The minimum absolute atomic E-state index is 0.453. The molecule has 1 saturated heterocycles. The van der Waals surface area contributed by atoms with Crippen molar-refractivity contribution in [3.63, 3.8) is 0 Å². The summed E-state index contributed by atoms with van der Waals surface area (Å²) < 4.78 is 2.08. The number of hydrogen-bond acceptors (Lipinski definition) is 6. The molecule has 0 radical (unpaired) electrons. The van der Waals surface area contributed by atoms with Gasteiger partial charge in [0.2, 0.25) is 0 Å². The lowest BCUT2D eigenvalue weighted by Gasteiger charge is -2.31. The summed E-state index contributed by atoms with van der Waals surface area (Å²) in [7, 11) is 0. The molecule has 1 fully saturated rings. The molecule has 1 aliphatic rings. The highest BCUT2D eigenvalue weighted by Gasteiger charge is 2.22. The first-order chi connectivity index (χ1) is 14.2. The molecule has 1 aliphatic heterocycles. The van der Waals surface area contributed by atoms with Gasteiger partial charge in [-0.15, -0.1) is 0 Å². The van der Waals surface area contributed by atoms with Gasteiger partial charge in [-0.1, -0.05) is 23.7 Å². The molecule has 0 unspecified atom stereocenters. The van der Waals surface area contributed by atoms with Crippen LogP contribution in [-0.4, -0.2) is 45.8 Å². The van der Waals surface area contributed by atoms with Gasteiger partial charge in [0.25, 0.3) is 0 Å². The predicted octanol–water partition coefficient (Wildman–Crippen LogP) is 2.94. The van der Waals surface area contributed by atoms with Crippen LogP contribution in [0.2, 0.25) is 5.02 Å². The summed E-state index contributed by atoms with van der Waals surface area (Å²) >= 11 is 6.19. The quantitative estimate of drug-likeness (QED) is 0.545. The summed E-state index contributed by atoms with van der Waals surface area (Å²) in [5.74, 6) is 1.21. The zero-order valence-electron chi connectivity index (χ0n) is 15.7. The minimum atomic E-state index is 0.453. The second kappa shape index (κ2) is 7.35. The maximum atomic E-state index is 6.19. The number of piperazine rings is 1. The summed E-state index contributed by atoms with van der Waals surface area (Å²) in [6.07, 6.45) is 1.69. The Bertz CT molecular complexity index is 1180. The summed E-state index contributed by atoms with van der Waals surface area (Å²) in [6.45, 7) is 3.49. The first-order valence-electron chi connectivity index (χ1n) is 9.53. The largest absolute Gasteiger partial charge is 0.383 e. The van der Waals surface area contributed by atoms with E-state index in [0.717, 1.165) is 60.0 Å². The van der Waals surface area contributed by atoms with Crippen LogP contribution in [0.4, 0.5) is 5.82 Å². The highest BCUT2D eigenvalue weighted by Crippen LogP contribution is 2.29. The van der Waals surface area contributed by atoms with E-state index in [4.69, 9.17) is 27.3 Å². The Labute approximate surface area is 173 Å². The van der Waals surface area contributed by atoms with Gasteiger partial charge < -0.3 is 16.1 Å². The molecule has 5 rings (SSSR count). The Kier molecular flexibility index (Phi) is 4.54. The van der Waals surface area contributed by atoms with Crippen LogP contribution in [0, 0.1) is 0 Å². The number of aromatic nitrogens is 4. The van der Waals surface area contributed by atoms with Crippen LogP contribution in [0.25, 0.3) is 33.8 Å². The SMILES string of the molecule is Nc1ncccc1-c1nc2ccc(-c3cccc(Cl)c3)nc2n1N1CCNCC1. The Hall–Kier alpha value is -3.16. The Morgan fingerprint density at radius 2 is 1.86 bits per heavy atom. The van der Waals surface area contributed by atoms with Crippen LogP contribution in [-0.2, 0) is 0 Å². The van der Waals surface area contributed by atoms with Crippen LogP contribution >= 0.6 is 11.6 Å². The number of fused-ring (bicyclic) bond motifs is 1. The van der Waals surface area contributed by atoms with Gasteiger partial charge >= 0.3 is 0 Å². The van der Waals surface area contributed by atoms with Crippen molar-refractivity contribution in [2.75, 3.05) is 36.9 Å². The van der Waals surface area contributed by atoms with Crippen LogP contribution in [0.5, 0.6) is 0 Å². The third-order valence-corrected chi connectivity index (χ3v) is 5.29. The third kappa shape index (κ3) is 3.28. The van der Waals surface area contributed by atoms with E-state index in [-0.39, 0.29) is 0 Å².